The Bertz CT molecular complexity index is 792. The van der Waals surface area contributed by atoms with Gasteiger partial charge >= 0.3 is 0 Å². The summed E-state index contributed by atoms with van der Waals surface area (Å²) in [7, 11) is 0. The van der Waals surface area contributed by atoms with E-state index in [1.54, 1.807) is 11.3 Å². The van der Waals surface area contributed by atoms with Crippen LogP contribution in [0.15, 0.2) is 42.0 Å². The summed E-state index contributed by atoms with van der Waals surface area (Å²) in [6, 6.07) is 8.55. The maximum absolute atomic E-state index is 12.3. The van der Waals surface area contributed by atoms with Crippen molar-refractivity contribution in [1.82, 2.24) is 14.7 Å². The molecule has 1 N–H and O–H groups in total. The average Bonchev–Trinajstić information content (AvgIpc) is 3.09. The summed E-state index contributed by atoms with van der Waals surface area (Å²) < 4.78 is 1.96. The molecule has 1 amide bonds. The summed E-state index contributed by atoms with van der Waals surface area (Å²) in [6.45, 7) is 0. The Hall–Kier alpha value is -2.14. The highest BCUT2D eigenvalue weighted by Gasteiger charge is 2.21. The van der Waals surface area contributed by atoms with E-state index in [1.165, 1.54) is 11.1 Å². The highest BCUT2D eigenvalue weighted by molar-refractivity contribution is 7.15. The molecule has 22 heavy (non-hydrogen) atoms. The van der Waals surface area contributed by atoms with E-state index in [4.69, 9.17) is 0 Å². The van der Waals surface area contributed by atoms with Crippen LogP contribution < -0.4 is 5.32 Å². The predicted octanol–water partition coefficient (Wildman–Crippen LogP) is 3.13. The van der Waals surface area contributed by atoms with Gasteiger partial charge in [0.1, 0.15) is 0 Å². The molecule has 3 aromatic rings. The number of nitrogens with zero attached hydrogens (tertiary/aromatic N) is 2. The minimum atomic E-state index is 0.0486. The zero-order chi connectivity index (χ0) is 14.9. The second-order valence-corrected chi connectivity index (χ2v) is 6.59. The highest BCUT2D eigenvalue weighted by atomic mass is 32.1. The van der Waals surface area contributed by atoms with Gasteiger partial charge in [-0.2, -0.15) is 0 Å². The van der Waals surface area contributed by atoms with E-state index < -0.39 is 0 Å². The lowest BCUT2D eigenvalue weighted by Crippen LogP contribution is -2.32. The number of carbonyl (C=O) groups is 1. The molecule has 5 heteroatoms. The topological polar surface area (TPSA) is 46.4 Å². The predicted molar refractivity (Wildman–Crippen MR) is 87.0 cm³/mol. The van der Waals surface area contributed by atoms with E-state index in [0.29, 0.717) is 6.42 Å². The number of benzene rings is 1. The van der Waals surface area contributed by atoms with Crippen LogP contribution >= 0.6 is 11.3 Å². The van der Waals surface area contributed by atoms with E-state index >= 15 is 0 Å². The van der Waals surface area contributed by atoms with Crippen molar-refractivity contribution < 1.29 is 4.79 Å². The van der Waals surface area contributed by atoms with Crippen LogP contribution in [-0.2, 0) is 17.6 Å². The van der Waals surface area contributed by atoms with E-state index in [1.807, 2.05) is 28.2 Å². The molecule has 2 aromatic heterocycles. The Morgan fingerprint density at radius 2 is 2.32 bits per heavy atom. The third-order valence-corrected chi connectivity index (χ3v) is 4.96. The number of fused-ring (bicyclic) bond motifs is 2. The lowest BCUT2D eigenvalue weighted by atomic mass is 9.87. The molecule has 2 heterocycles. The summed E-state index contributed by atoms with van der Waals surface area (Å²) in [4.78, 5) is 17.7. The van der Waals surface area contributed by atoms with Crippen molar-refractivity contribution in [2.45, 2.75) is 31.7 Å². The number of aryl methyl sites for hydroxylation is 1. The second-order valence-electron chi connectivity index (χ2n) is 5.71. The third-order valence-electron chi connectivity index (χ3n) is 4.19. The number of thiazole rings is 1. The standard InChI is InChI=1S/C17H17N3OS/c21-16(10-13-11-20-8-9-22-17(20)18-13)19-15-7-3-5-12-4-1-2-6-14(12)15/h1-2,4,6,8-9,11,15H,3,5,7,10H2,(H,19,21)/t15-/m0/s1. The summed E-state index contributed by atoms with van der Waals surface area (Å²) in [5.41, 5.74) is 3.46. The van der Waals surface area contributed by atoms with Crippen LogP contribution in [0, 0.1) is 0 Å². The van der Waals surface area contributed by atoms with Gasteiger partial charge in [-0.3, -0.25) is 9.20 Å². The fourth-order valence-electron chi connectivity index (χ4n) is 3.17. The molecule has 112 valence electrons. The van der Waals surface area contributed by atoms with Crippen LogP contribution in [-0.4, -0.2) is 15.3 Å². The Morgan fingerprint density at radius 1 is 1.41 bits per heavy atom. The van der Waals surface area contributed by atoms with Crippen LogP contribution in [0.25, 0.3) is 4.96 Å². The maximum Gasteiger partial charge on any atom is 0.226 e. The van der Waals surface area contributed by atoms with E-state index in [2.05, 4.69) is 28.5 Å². The minimum Gasteiger partial charge on any atom is -0.349 e. The van der Waals surface area contributed by atoms with Crippen molar-refractivity contribution in [2.75, 3.05) is 0 Å². The van der Waals surface area contributed by atoms with Crippen molar-refractivity contribution in [3.8, 4) is 0 Å². The maximum atomic E-state index is 12.3. The van der Waals surface area contributed by atoms with Crippen LogP contribution in [0.4, 0.5) is 0 Å². The molecule has 0 saturated heterocycles. The van der Waals surface area contributed by atoms with Crippen LogP contribution in [0.5, 0.6) is 0 Å². The van der Waals surface area contributed by atoms with Gasteiger partial charge in [0.15, 0.2) is 4.96 Å². The van der Waals surface area contributed by atoms with E-state index in [-0.39, 0.29) is 11.9 Å². The Labute approximate surface area is 132 Å². The fourth-order valence-corrected chi connectivity index (χ4v) is 3.89. The molecule has 4 rings (SSSR count). The second kappa shape index (κ2) is 5.57. The summed E-state index contributed by atoms with van der Waals surface area (Å²) in [6.07, 6.45) is 7.49. The van der Waals surface area contributed by atoms with Crippen LogP contribution in [0.1, 0.15) is 35.7 Å². The molecule has 0 fully saturated rings. The van der Waals surface area contributed by atoms with Gasteiger partial charge in [-0.05, 0) is 30.4 Å². The van der Waals surface area contributed by atoms with Gasteiger partial charge in [-0.15, -0.1) is 11.3 Å². The molecule has 0 radical (unpaired) electrons. The van der Waals surface area contributed by atoms with E-state index in [0.717, 1.165) is 29.9 Å². The van der Waals surface area contributed by atoms with Gasteiger partial charge < -0.3 is 5.32 Å². The first-order chi connectivity index (χ1) is 10.8. The van der Waals surface area contributed by atoms with Crippen molar-refractivity contribution >= 4 is 22.2 Å². The molecule has 1 aliphatic rings. The molecule has 4 nitrogen and oxygen atoms in total. The summed E-state index contributed by atoms with van der Waals surface area (Å²) in [5.74, 6) is 0.0486. The zero-order valence-electron chi connectivity index (χ0n) is 12.2. The lowest BCUT2D eigenvalue weighted by molar-refractivity contribution is -0.121. The first-order valence-corrected chi connectivity index (χ1v) is 8.46. The summed E-state index contributed by atoms with van der Waals surface area (Å²) >= 11 is 1.58. The van der Waals surface area contributed by atoms with Crippen molar-refractivity contribution in [3.05, 3.63) is 58.9 Å². The highest BCUT2D eigenvalue weighted by Crippen LogP contribution is 2.29. The minimum absolute atomic E-state index is 0.0486. The fraction of sp³-hybridized carbons (Fsp3) is 0.294. The number of rotatable bonds is 3. The Balaban J connectivity index is 1.47. The van der Waals surface area contributed by atoms with Gasteiger partial charge in [-0.25, -0.2) is 4.98 Å². The number of aromatic nitrogens is 2. The first-order valence-electron chi connectivity index (χ1n) is 7.58. The molecule has 0 unspecified atom stereocenters. The molecule has 0 saturated carbocycles. The normalized spacial score (nSPS) is 17.4. The van der Waals surface area contributed by atoms with Gasteiger partial charge in [0.05, 0.1) is 18.2 Å². The number of nitrogens with one attached hydrogen (secondary N) is 1. The number of imidazole rings is 1. The molecule has 1 aliphatic carbocycles. The summed E-state index contributed by atoms with van der Waals surface area (Å²) in [5, 5.41) is 5.17. The molecule has 0 bridgehead atoms. The number of amides is 1. The molecule has 1 aromatic carbocycles. The smallest absolute Gasteiger partial charge is 0.226 e. The molecular formula is C17H17N3OS. The zero-order valence-corrected chi connectivity index (χ0v) is 13.0. The average molecular weight is 311 g/mol. The van der Waals surface area contributed by atoms with Crippen molar-refractivity contribution in [2.24, 2.45) is 0 Å². The number of hydrogen-bond acceptors (Lipinski definition) is 3. The monoisotopic (exact) mass is 311 g/mol. The van der Waals surface area contributed by atoms with Crippen molar-refractivity contribution in [1.29, 1.82) is 0 Å². The van der Waals surface area contributed by atoms with Crippen LogP contribution in [0.2, 0.25) is 0 Å². The Morgan fingerprint density at radius 3 is 3.23 bits per heavy atom. The molecule has 1 atom stereocenters. The van der Waals surface area contributed by atoms with Gasteiger partial charge in [-0.1, -0.05) is 24.3 Å². The lowest BCUT2D eigenvalue weighted by Gasteiger charge is -2.26. The quantitative estimate of drug-likeness (QED) is 0.808. The number of carbonyl (C=O) groups excluding carboxylic acids is 1. The third kappa shape index (κ3) is 2.52. The molecule has 0 spiro atoms. The van der Waals surface area contributed by atoms with Gasteiger partial charge in [0, 0.05) is 17.8 Å². The Kier molecular flexibility index (Phi) is 3.42. The molecular weight excluding hydrogens is 294 g/mol. The van der Waals surface area contributed by atoms with Crippen molar-refractivity contribution in [3.63, 3.8) is 0 Å². The van der Waals surface area contributed by atoms with Crippen LogP contribution in [0.3, 0.4) is 0 Å². The molecule has 0 aliphatic heterocycles. The SMILES string of the molecule is O=C(Cc1cn2ccsc2n1)N[C@H]1CCCc2ccccc21. The largest absolute Gasteiger partial charge is 0.349 e. The van der Waals surface area contributed by atoms with Gasteiger partial charge in [0.25, 0.3) is 0 Å². The first kappa shape index (κ1) is 13.5. The number of hydrogen-bond donors (Lipinski definition) is 1. The van der Waals surface area contributed by atoms with E-state index in [9.17, 15) is 4.79 Å². The van der Waals surface area contributed by atoms with Gasteiger partial charge in [0.2, 0.25) is 5.91 Å².